The van der Waals surface area contributed by atoms with Crippen LogP contribution in [-0.2, 0) is 5.41 Å². The zero-order valence-corrected chi connectivity index (χ0v) is 19.3. The fourth-order valence-electron chi connectivity index (χ4n) is 4.10. The third kappa shape index (κ3) is 3.78. The van der Waals surface area contributed by atoms with E-state index >= 15 is 0 Å². The fraction of sp³-hybridized carbons (Fsp3) is 0.250. The molecule has 7 nitrogen and oxygen atoms in total. The summed E-state index contributed by atoms with van der Waals surface area (Å²) in [7, 11) is 2.07. The van der Waals surface area contributed by atoms with Crippen LogP contribution in [0.5, 0.6) is 0 Å². The molecule has 0 radical (unpaired) electrons. The van der Waals surface area contributed by atoms with Gasteiger partial charge in [-0.1, -0.05) is 44.2 Å². The maximum Gasteiger partial charge on any atom is 0.270 e. The van der Waals surface area contributed by atoms with Crippen molar-refractivity contribution in [3.05, 3.63) is 86.2 Å². The summed E-state index contributed by atoms with van der Waals surface area (Å²) in [5.41, 5.74) is 5.02. The smallest absolute Gasteiger partial charge is 0.270 e. The number of hydrogen-bond acceptors (Lipinski definition) is 6. The molecule has 0 spiro atoms. The molecule has 164 valence electrons. The van der Waals surface area contributed by atoms with Gasteiger partial charge in [0, 0.05) is 59.7 Å². The lowest BCUT2D eigenvalue weighted by atomic mass is 9.84. The minimum Gasteiger partial charge on any atom is -0.347 e. The molecule has 0 unspecified atom stereocenters. The number of anilines is 1. The van der Waals surface area contributed by atoms with Gasteiger partial charge in [-0.15, -0.1) is 11.3 Å². The van der Waals surface area contributed by atoms with Crippen LogP contribution in [0, 0.1) is 10.1 Å². The summed E-state index contributed by atoms with van der Waals surface area (Å²) >= 11 is 1.46. The molecule has 0 fully saturated rings. The van der Waals surface area contributed by atoms with Crippen LogP contribution in [0.2, 0.25) is 0 Å². The number of fused-ring (bicyclic) bond motifs is 1. The van der Waals surface area contributed by atoms with Crippen LogP contribution in [0.4, 0.5) is 11.4 Å². The van der Waals surface area contributed by atoms with Crippen molar-refractivity contribution in [1.82, 2.24) is 4.68 Å². The number of nitro groups is 1. The molecule has 0 N–H and O–H groups in total. The van der Waals surface area contributed by atoms with E-state index in [0.717, 1.165) is 21.8 Å². The number of likely N-dealkylation sites (N-methyl/N-ethyl adjacent to an activating group) is 1. The Morgan fingerprint density at radius 1 is 1.19 bits per heavy atom. The van der Waals surface area contributed by atoms with Gasteiger partial charge in [0.25, 0.3) is 5.69 Å². The summed E-state index contributed by atoms with van der Waals surface area (Å²) in [4.78, 5) is 18.3. The molecule has 3 aromatic rings. The first-order chi connectivity index (χ1) is 15.3. The highest BCUT2D eigenvalue weighted by Crippen LogP contribution is 2.46. The highest BCUT2D eigenvalue weighted by Gasteiger charge is 2.37. The Bertz CT molecular complexity index is 1300. The van der Waals surface area contributed by atoms with Gasteiger partial charge in [0.1, 0.15) is 0 Å². The molecule has 2 aromatic carbocycles. The molecule has 1 aliphatic rings. The lowest BCUT2D eigenvalue weighted by molar-refractivity contribution is -0.384. The third-order valence-electron chi connectivity index (χ3n) is 5.69. The summed E-state index contributed by atoms with van der Waals surface area (Å²) in [5, 5.41) is 17.8. The van der Waals surface area contributed by atoms with Gasteiger partial charge in [0.05, 0.1) is 10.6 Å². The molecule has 0 saturated carbocycles. The maximum atomic E-state index is 11.2. The summed E-state index contributed by atoms with van der Waals surface area (Å²) < 4.78 is 1.75. The topological polar surface area (TPSA) is 76.0 Å². The number of allylic oxidation sites excluding steroid dienone is 2. The molecule has 0 saturated heterocycles. The predicted octanol–water partition coefficient (Wildman–Crippen LogP) is 5.19. The van der Waals surface area contributed by atoms with Crippen LogP contribution in [0.15, 0.2) is 75.8 Å². The number of nitro benzene ring substituents is 1. The number of benzene rings is 2. The first kappa shape index (κ1) is 21.7. The zero-order valence-electron chi connectivity index (χ0n) is 18.5. The Balaban J connectivity index is 1.75. The number of non-ortho nitro benzene ring substituents is 1. The minimum absolute atomic E-state index is 0.0485. The normalized spacial score (nSPS) is 16.8. The summed E-state index contributed by atoms with van der Waals surface area (Å²) in [6, 6.07) is 15.0. The van der Waals surface area contributed by atoms with Crippen molar-refractivity contribution >= 4 is 28.9 Å². The van der Waals surface area contributed by atoms with Crippen LogP contribution < -0.4 is 9.70 Å². The lowest BCUT2D eigenvalue weighted by Gasteiger charge is -2.23. The number of para-hydroxylation sites is 1. The Morgan fingerprint density at radius 3 is 2.69 bits per heavy atom. The highest BCUT2D eigenvalue weighted by atomic mass is 32.1. The van der Waals surface area contributed by atoms with Gasteiger partial charge >= 0.3 is 0 Å². The molecule has 1 aliphatic heterocycles. The second-order valence-corrected chi connectivity index (χ2v) is 8.85. The van der Waals surface area contributed by atoms with Crippen LogP contribution >= 0.6 is 11.3 Å². The predicted molar refractivity (Wildman–Crippen MR) is 130 cm³/mol. The van der Waals surface area contributed by atoms with Crippen LogP contribution in [-0.4, -0.2) is 29.4 Å². The van der Waals surface area contributed by atoms with E-state index in [9.17, 15) is 10.1 Å². The minimum atomic E-state index is -0.388. The van der Waals surface area contributed by atoms with Gasteiger partial charge in [-0.05, 0) is 24.6 Å². The number of aromatic nitrogens is 1. The Labute approximate surface area is 190 Å². The standard InChI is InChI=1S/C24H25N5O2S/c1-5-25-23-28(21(16-32-23)17-9-8-10-18(15-17)29(30)31)26-14-13-22-24(2,3)19-11-6-7-12-20(19)27(22)4/h6-16H,5H2,1-4H3. The van der Waals surface area contributed by atoms with Gasteiger partial charge in [0.15, 0.2) is 0 Å². The molecule has 0 amide bonds. The maximum absolute atomic E-state index is 11.2. The van der Waals surface area contributed by atoms with E-state index in [2.05, 4.69) is 49.0 Å². The van der Waals surface area contributed by atoms with E-state index in [1.165, 1.54) is 28.7 Å². The molecule has 0 atom stereocenters. The molecule has 8 heteroatoms. The number of thiazole rings is 1. The number of rotatable bonds is 5. The number of hydrogen-bond donors (Lipinski definition) is 0. The Hall–Kier alpha value is -3.52. The molecule has 0 aliphatic carbocycles. The molecule has 4 rings (SSSR count). The van der Waals surface area contributed by atoms with Crippen molar-refractivity contribution in [3.63, 3.8) is 0 Å². The highest BCUT2D eigenvalue weighted by molar-refractivity contribution is 7.07. The zero-order chi connectivity index (χ0) is 22.9. The average Bonchev–Trinajstić information content (AvgIpc) is 3.26. The van der Waals surface area contributed by atoms with Gasteiger partial charge in [-0.2, -0.15) is 5.10 Å². The van der Waals surface area contributed by atoms with Gasteiger partial charge in [-0.25, -0.2) is 4.68 Å². The largest absolute Gasteiger partial charge is 0.347 e. The van der Waals surface area contributed by atoms with E-state index < -0.39 is 0 Å². The van der Waals surface area contributed by atoms with Crippen molar-refractivity contribution < 1.29 is 4.92 Å². The van der Waals surface area contributed by atoms with Crippen molar-refractivity contribution in [2.24, 2.45) is 10.1 Å². The van der Waals surface area contributed by atoms with Crippen LogP contribution in [0.25, 0.3) is 11.3 Å². The van der Waals surface area contributed by atoms with Crippen molar-refractivity contribution in [2.45, 2.75) is 26.2 Å². The van der Waals surface area contributed by atoms with Crippen molar-refractivity contribution in [3.8, 4) is 11.3 Å². The Morgan fingerprint density at radius 2 is 1.97 bits per heavy atom. The molecule has 1 aromatic heterocycles. The van der Waals surface area contributed by atoms with E-state index in [-0.39, 0.29) is 16.0 Å². The fourth-order valence-corrected chi connectivity index (χ4v) is 5.01. The molecule has 2 heterocycles. The first-order valence-corrected chi connectivity index (χ1v) is 11.3. The third-order valence-corrected chi connectivity index (χ3v) is 6.54. The second-order valence-electron chi connectivity index (χ2n) is 8.01. The molecular formula is C24H25N5O2S. The second kappa shape index (κ2) is 8.55. The van der Waals surface area contributed by atoms with Crippen LogP contribution in [0.3, 0.4) is 0 Å². The SMILES string of the molecule is CCN=c1scc(-c2cccc([N+](=O)[O-])c2)n1N=CC=C1N(C)c2ccccc2C1(C)C. The van der Waals surface area contributed by atoms with Gasteiger partial charge < -0.3 is 4.90 Å². The molecular weight excluding hydrogens is 422 g/mol. The van der Waals surface area contributed by atoms with Crippen LogP contribution in [0.1, 0.15) is 26.3 Å². The quantitative estimate of drug-likeness (QED) is 0.307. The van der Waals surface area contributed by atoms with Crippen molar-refractivity contribution in [2.75, 3.05) is 18.5 Å². The van der Waals surface area contributed by atoms with E-state index in [0.29, 0.717) is 6.54 Å². The monoisotopic (exact) mass is 447 g/mol. The summed E-state index contributed by atoms with van der Waals surface area (Å²) in [6.07, 6.45) is 3.80. The van der Waals surface area contributed by atoms with E-state index in [1.807, 2.05) is 30.5 Å². The molecule has 0 bridgehead atoms. The molecule has 32 heavy (non-hydrogen) atoms. The lowest BCUT2D eigenvalue weighted by Crippen LogP contribution is -2.23. The summed E-state index contributed by atoms with van der Waals surface area (Å²) in [6.45, 7) is 7.00. The van der Waals surface area contributed by atoms with Gasteiger partial charge in [0.2, 0.25) is 4.80 Å². The summed E-state index contributed by atoms with van der Waals surface area (Å²) in [5.74, 6) is 0. The van der Waals surface area contributed by atoms with E-state index in [4.69, 9.17) is 5.10 Å². The Kier molecular flexibility index (Phi) is 5.80. The van der Waals surface area contributed by atoms with Gasteiger partial charge in [-0.3, -0.25) is 15.1 Å². The average molecular weight is 448 g/mol. The first-order valence-electron chi connectivity index (χ1n) is 10.4. The van der Waals surface area contributed by atoms with E-state index in [1.54, 1.807) is 23.0 Å². The number of nitrogens with zero attached hydrogens (tertiary/aromatic N) is 5. The van der Waals surface area contributed by atoms with Crippen molar-refractivity contribution in [1.29, 1.82) is 0 Å².